The fourth-order valence-electron chi connectivity index (χ4n) is 2.40. The maximum absolute atomic E-state index is 12.6. The number of halogens is 3. The molecule has 2 aromatic rings. The third-order valence-corrected chi connectivity index (χ3v) is 3.81. The molecular weight excluding hydrogens is 329 g/mol. The fraction of sp³-hybridized carbons (Fsp3) is 0.333. The quantitative estimate of drug-likeness (QED) is 0.676. The van der Waals surface area contributed by atoms with Crippen molar-refractivity contribution in [3.05, 3.63) is 65.0 Å². The molecule has 0 spiro atoms. The van der Waals surface area contributed by atoms with Crippen LogP contribution in [0.5, 0.6) is 0 Å². The molecule has 0 atom stereocenters. The van der Waals surface area contributed by atoms with E-state index in [1.165, 1.54) is 12.1 Å². The zero-order valence-electron chi connectivity index (χ0n) is 14.4. The minimum Gasteiger partial charge on any atom is -0.351 e. The number of nitrogens with zero attached hydrogens (tertiary/aromatic N) is 3. The molecule has 4 nitrogen and oxygen atoms in total. The Morgan fingerprint density at radius 3 is 2.44 bits per heavy atom. The van der Waals surface area contributed by atoms with Gasteiger partial charge in [0, 0.05) is 26.8 Å². The number of benzene rings is 1. The molecule has 1 heterocycles. The van der Waals surface area contributed by atoms with Crippen molar-refractivity contribution in [3.8, 4) is 0 Å². The summed E-state index contributed by atoms with van der Waals surface area (Å²) in [5.41, 5.74) is 2.13. The van der Waals surface area contributed by atoms with Gasteiger partial charge >= 0.3 is 6.18 Å². The first-order valence-corrected chi connectivity index (χ1v) is 7.79. The molecule has 0 amide bonds. The molecular formula is C18H21F3N4. The Kier molecular flexibility index (Phi) is 6.01. The van der Waals surface area contributed by atoms with Gasteiger partial charge in [-0.15, -0.1) is 0 Å². The first-order chi connectivity index (χ1) is 11.8. The number of alkyl halides is 3. The number of aryl methyl sites for hydroxylation is 1. The largest absolute Gasteiger partial charge is 0.416 e. The molecule has 0 fully saturated rings. The molecule has 1 N–H and O–H groups in total. The van der Waals surface area contributed by atoms with Crippen LogP contribution in [0.15, 0.2) is 47.6 Å². The number of guanidine groups is 1. The van der Waals surface area contributed by atoms with E-state index >= 15 is 0 Å². The molecule has 0 aliphatic heterocycles. The van der Waals surface area contributed by atoms with Gasteiger partial charge in [-0.2, -0.15) is 13.2 Å². The average molecular weight is 350 g/mol. The highest BCUT2D eigenvalue weighted by molar-refractivity contribution is 5.79. The van der Waals surface area contributed by atoms with Crippen LogP contribution in [0.1, 0.15) is 22.4 Å². The summed E-state index contributed by atoms with van der Waals surface area (Å²) < 4.78 is 37.8. The normalized spacial score (nSPS) is 12.2. The van der Waals surface area contributed by atoms with E-state index < -0.39 is 11.7 Å². The Morgan fingerprint density at radius 1 is 1.20 bits per heavy atom. The second kappa shape index (κ2) is 8.00. The van der Waals surface area contributed by atoms with Gasteiger partial charge in [0.1, 0.15) is 0 Å². The van der Waals surface area contributed by atoms with Gasteiger partial charge < -0.3 is 10.2 Å². The van der Waals surface area contributed by atoms with Crippen LogP contribution >= 0.6 is 0 Å². The lowest BCUT2D eigenvalue weighted by molar-refractivity contribution is -0.137. The van der Waals surface area contributed by atoms with Crippen LogP contribution in [0.25, 0.3) is 0 Å². The molecule has 0 saturated heterocycles. The number of hydrogen-bond donors (Lipinski definition) is 1. The van der Waals surface area contributed by atoms with Gasteiger partial charge in [0.25, 0.3) is 0 Å². The molecule has 1 aromatic heterocycles. The summed E-state index contributed by atoms with van der Waals surface area (Å²) in [7, 11) is 3.50. The van der Waals surface area contributed by atoms with Crippen LogP contribution in [-0.4, -0.2) is 29.9 Å². The maximum Gasteiger partial charge on any atom is 0.416 e. The van der Waals surface area contributed by atoms with E-state index in [1.54, 1.807) is 13.2 Å². The topological polar surface area (TPSA) is 40.5 Å². The minimum atomic E-state index is -4.32. The van der Waals surface area contributed by atoms with E-state index in [0.717, 1.165) is 29.0 Å². The molecule has 0 saturated carbocycles. The molecule has 0 aliphatic carbocycles. The highest BCUT2D eigenvalue weighted by Crippen LogP contribution is 2.29. The van der Waals surface area contributed by atoms with E-state index in [0.29, 0.717) is 19.0 Å². The molecule has 25 heavy (non-hydrogen) atoms. The summed E-state index contributed by atoms with van der Waals surface area (Å²) in [4.78, 5) is 10.4. The van der Waals surface area contributed by atoms with Crippen molar-refractivity contribution in [2.75, 3.05) is 14.1 Å². The Labute approximate surface area is 145 Å². The predicted molar refractivity (Wildman–Crippen MR) is 92.1 cm³/mol. The monoisotopic (exact) mass is 350 g/mol. The van der Waals surface area contributed by atoms with E-state index in [9.17, 15) is 13.2 Å². The van der Waals surface area contributed by atoms with Crippen molar-refractivity contribution >= 4 is 5.96 Å². The fourth-order valence-corrected chi connectivity index (χ4v) is 2.40. The highest BCUT2D eigenvalue weighted by Gasteiger charge is 2.29. The smallest absolute Gasteiger partial charge is 0.351 e. The van der Waals surface area contributed by atoms with Crippen LogP contribution in [0.3, 0.4) is 0 Å². The number of pyridine rings is 1. The summed E-state index contributed by atoms with van der Waals surface area (Å²) in [5.74, 6) is 0.643. The van der Waals surface area contributed by atoms with E-state index in [4.69, 9.17) is 0 Å². The number of rotatable bonds is 4. The number of aliphatic imine (C=N–C) groups is 1. The van der Waals surface area contributed by atoms with E-state index in [-0.39, 0.29) is 0 Å². The Bertz CT molecular complexity index is 724. The van der Waals surface area contributed by atoms with Crippen LogP contribution in [0, 0.1) is 6.92 Å². The zero-order chi connectivity index (χ0) is 18.4. The lowest BCUT2D eigenvalue weighted by Crippen LogP contribution is -2.38. The van der Waals surface area contributed by atoms with Crippen molar-refractivity contribution in [3.63, 3.8) is 0 Å². The SMILES string of the molecule is CN=C(NCc1ncccc1C)N(C)Cc1ccc(C(F)(F)F)cc1. The molecule has 7 heteroatoms. The number of nitrogens with one attached hydrogen (secondary N) is 1. The third kappa shape index (κ3) is 5.20. The lowest BCUT2D eigenvalue weighted by atomic mass is 10.1. The van der Waals surface area contributed by atoms with Gasteiger partial charge in [-0.3, -0.25) is 9.98 Å². The van der Waals surface area contributed by atoms with E-state index in [2.05, 4.69) is 15.3 Å². The van der Waals surface area contributed by atoms with Crippen molar-refractivity contribution in [2.45, 2.75) is 26.2 Å². The molecule has 1 aromatic carbocycles. The molecule has 0 bridgehead atoms. The molecule has 0 radical (unpaired) electrons. The second-order valence-corrected chi connectivity index (χ2v) is 5.72. The summed E-state index contributed by atoms with van der Waals surface area (Å²) in [6, 6.07) is 9.02. The Balaban J connectivity index is 1.98. The molecule has 134 valence electrons. The highest BCUT2D eigenvalue weighted by atomic mass is 19.4. The summed E-state index contributed by atoms with van der Waals surface area (Å²) in [6.45, 7) is 2.95. The summed E-state index contributed by atoms with van der Waals surface area (Å²) in [5, 5.41) is 3.22. The summed E-state index contributed by atoms with van der Waals surface area (Å²) in [6.07, 6.45) is -2.58. The van der Waals surface area contributed by atoms with Gasteiger partial charge in [-0.05, 0) is 36.2 Å². The van der Waals surface area contributed by atoms with Gasteiger partial charge in [-0.25, -0.2) is 0 Å². The summed E-state index contributed by atoms with van der Waals surface area (Å²) >= 11 is 0. The predicted octanol–water partition coefficient (Wildman–Crippen LogP) is 3.62. The van der Waals surface area contributed by atoms with Crippen molar-refractivity contribution in [1.29, 1.82) is 0 Å². The maximum atomic E-state index is 12.6. The van der Waals surface area contributed by atoms with Crippen LogP contribution < -0.4 is 5.32 Å². The van der Waals surface area contributed by atoms with Gasteiger partial charge in [0.2, 0.25) is 0 Å². The average Bonchev–Trinajstić information content (AvgIpc) is 2.56. The molecule has 0 unspecified atom stereocenters. The standard InChI is InChI=1S/C18H21F3N4/c1-13-5-4-10-23-16(13)11-24-17(22-2)25(3)12-14-6-8-15(9-7-14)18(19,20)21/h4-10H,11-12H2,1-3H3,(H,22,24). The molecule has 0 aliphatic rings. The van der Waals surface area contributed by atoms with E-state index in [1.807, 2.05) is 31.0 Å². The van der Waals surface area contributed by atoms with Crippen LogP contribution in [0.2, 0.25) is 0 Å². The van der Waals surface area contributed by atoms with Crippen LogP contribution in [-0.2, 0) is 19.3 Å². The lowest BCUT2D eigenvalue weighted by Gasteiger charge is -2.22. The zero-order valence-corrected chi connectivity index (χ0v) is 14.4. The van der Waals surface area contributed by atoms with Gasteiger partial charge in [0.15, 0.2) is 5.96 Å². The number of aromatic nitrogens is 1. The Hall–Kier alpha value is -2.57. The number of hydrogen-bond acceptors (Lipinski definition) is 2. The van der Waals surface area contributed by atoms with Crippen molar-refractivity contribution in [1.82, 2.24) is 15.2 Å². The third-order valence-electron chi connectivity index (χ3n) is 3.81. The van der Waals surface area contributed by atoms with Crippen molar-refractivity contribution < 1.29 is 13.2 Å². The van der Waals surface area contributed by atoms with Gasteiger partial charge in [0.05, 0.1) is 17.8 Å². The Morgan fingerprint density at radius 2 is 1.88 bits per heavy atom. The van der Waals surface area contributed by atoms with Crippen LogP contribution in [0.4, 0.5) is 13.2 Å². The van der Waals surface area contributed by atoms with Gasteiger partial charge in [-0.1, -0.05) is 18.2 Å². The minimum absolute atomic E-state index is 0.443. The first-order valence-electron chi connectivity index (χ1n) is 7.79. The first kappa shape index (κ1) is 18.8. The molecule has 2 rings (SSSR count). The van der Waals surface area contributed by atoms with Crippen molar-refractivity contribution in [2.24, 2.45) is 4.99 Å². The second-order valence-electron chi connectivity index (χ2n) is 5.72.